The van der Waals surface area contributed by atoms with Gasteiger partial charge < -0.3 is 9.84 Å². The molecule has 0 heterocycles. The predicted octanol–water partition coefficient (Wildman–Crippen LogP) is 5.07. The van der Waals surface area contributed by atoms with Crippen LogP contribution < -0.4 is 9.46 Å². The van der Waals surface area contributed by atoms with E-state index in [9.17, 15) is 13.2 Å². The van der Waals surface area contributed by atoms with Gasteiger partial charge in [0.25, 0.3) is 10.0 Å². The van der Waals surface area contributed by atoms with Crippen LogP contribution in [-0.4, -0.2) is 19.5 Å². The highest BCUT2D eigenvalue weighted by atomic mass is 35.5. The minimum atomic E-state index is -4.13. The predicted molar refractivity (Wildman–Crippen MR) is 111 cm³/mol. The van der Waals surface area contributed by atoms with Crippen molar-refractivity contribution in [1.82, 2.24) is 0 Å². The second-order valence-corrected chi connectivity index (χ2v) is 8.44. The minimum Gasteiger partial charge on any atom is -0.489 e. The van der Waals surface area contributed by atoms with Gasteiger partial charge in [0.1, 0.15) is 17.3 Å². The maximum atomic E-state index is 12.6. The zero-order valence-electron chi connectivity index (χ0n) is 14.8. The Labute approximate surface area is 177 Å². The monoisotopic (exact) mass is 451 g/mol. The Balaban J connectivity index is 1.75. The van der Waals surface area contributed by atoms with Crippen molar-refractivity contribution < 1.29 is 23.1 Å². The molecule has 150 valence electrons. The van der Waals surface area contributed by atoms with Gasteiger partial charge in [-0.2, -0.15) is 0 Å². The Morgan fingerprint density at radius 3 is 2.24 bits per heavy atom. The number of rotatable bonds is 7. The Bertz CT molecular complexity index is 1130. The molecule has 0 aromatic heterocycles. The van der Waals surface area contributed by atoms with E-state index in [0.29, 0.717) is 12.4 Å². The molecule has 0 bridgehead atoms. The normalized spacial score (nSPS) is 11.1. The molecule has 0 amide bonds. The summed E-state index contributed by atoms with van der Waals surface area (Å²) in [6.07, 6.45) is 0. The van der Waals surface area contributed by atoms with Gasteiger partial charge in [0, 0.05) is 5.69 Å². The van der Waals surface area contributed by atoms with Crippen molar-refractivity contribution in [3.63, 3.8) is 0 Å². The van der Waals surface area contributed by atoms with Crippen molar-refractivity contribution in [2.45, 2.75) is 11.5 Å². The highest BCUT2D eigenvalue weighted by molar-refractivity contribution is 7.92. The molecule has 6 nitrogen and oxygen atoms in total. The van der Waals surface area contributed by atoms with E-state index in [1.54, 1.807) is 12.1 Å². The van der Waals surface area contributed by atoms with Crippen LogP contribution in [0.4, 0.5) is 5.69 Å². The maximum absolute atomic E-state index is 12.6. The molecule has 9 heteroatoms. The van der Waals surface area contributed by atoms with Crippen molar-refractivity contribution >= 4 is 44.9 Å². The highest BCUT2D eigenvalue weighted by Gasteiger charge is 2.22. The first-order chi connectivity index (χ1) is 13.8. The SMILES string of the molecule is O=C(O)c1cc(S(=O)(=O)Nc2ccc(OCc3ccccc3)cc2)c(Cl)cc1Cl. The molecule has 0 aliphatic rings. The molecule has 3 rings (SSSR count). The summed E-state index contributed by atoms with van der Waals surface area (Å²) in [5.41, 5.74) is 0.907. The van der Waals surface area contributed by atoms with E-state index in [1.807, 2.05) is 30.3 Å². The summed E-state index contributed by atoms with van der Waals surface area (Å²) < 4.78 is 33.3. The Kier molecular flexibility index (Phi) is 6.32. The number of ether oxygens (including phenoxy) is 1. The standard InChI is InChI=1S/C20H15Cl2NO5S/c21-17-11-18(22)19(10-16(17)20(24)25)29(26,27)23-14-6-8-15(9-7-14)28-12-13-4-2-1-3-5-13/h1-11,23H,12H2,(H,24,25). The second kappa shape index (κ2) is 8.73. The highest BCUT2D eigenvalue weighted by Crippen LogP contribution is 2.30. The number of carboxylic acids is 1. The number of anilines is 1. The summed E-state index contributed by atoms with van der Waals surface area (Å²) in [6.45, 7) is 0.379. The Morgan fingerprint density at radius 1 is 0.966 bits per heavy atom. The molecule has 2 N–H and O–H groups in total. The van der Waals surface area contributed by atoms with Crippen LogP contribution in [0.15, 0.2) is 71.6 Å². The third kappa shape index (κ3) is 5.20. The smallest absolute Gasteiger partial charge is 0.337 e. The van der Waals surface area contributed by atoms with Crippen LogP contribution in [0.2, 0.25) is 10.0 Å². The van der Waals surface area contributed by atoms with E-state index in [0.717, 1.165) is 17.7 Å². The van der Waals surface area contributed by atoms with Gasteiger partial charge >= 0.3 is 5.97 Å². The summed E-state index contributed by atoms with van der Waals surface area (Å²) in [4.78, 5) is 10.8. The van der Waals surface area contributed by atoms with Crippen LogP contribution in [0.3, 0.4) is 0 Å². The zero-order valence-corrected chi connectivity index (χ0v) is 17.1. The first kappa shape index (κ1) is 21.0. The number of sulfonamides is 1. The second-order valence-electron chi connectivity index (χ2n) is 5.97. The Morgan fingerprint density at radius 2 is 1.62 bits per heavy atom. The van der Waals surface area contributed by atoms with Crippen LogP contribution in [0, 0.1) is 0 Å². The Hall–Kier alpha value is -2.74. The fourth-order valence-corrected chi connectivity index (χ4v) is 4.38. The average molecular weight is 452 g/mol. The van der Waals surface area contributed by atoms with E-state index in [4.69, 9.17) is 33.0 Å². The summed E-state index contributed by atoms with van der Waals surface area (Å²) in [5, 5.41) is 8.81. The third-order valence-corrected chi connectivity index (χ3v) is 6.06. The van der Waals surface area contributed by atoms with Crippen molar-refractivity contribution in [1.29, 1.82) is 0 Å². The van der Waals surface area contributed by atoms with Crippen LogP contribution >= 0.6 is 23.2 Å². The van der Waals surface area contributed by atoms with Crippen molar-refractivity contribution in [3.8, 4) is 5.75 Å². The number of hydrogen-bond acceptors (Lipinski definition) is 4. The molecule has 29 heavy (non-hydrogen) atoms. The lowest BCUT2D eigenvalue weighted by Gasteiger charge is -2.12. The third-order valence-electron chi connectivity index (χ3n) is 3.90. The molecule has 0 aliphatic carbocycles. The topological polar surface area (TPSA) is 92.7 Å². The van der Waals surface area contributed by atoms with Crippen LogP contribution in [0.25, 0.3) is 0 Å². The van der Waals surface area contributed by atoms with Gasteiger partial charge in [0.15, 0.2) is 0 Å². The minimum absolute atomic E-state index is 0.152. The maximum Gasteiger partial charge on any atom is 0.337 e. The first-order valence-corrected chi connectivity index (χ1v) is 10.5. The molecule has 0 atom stereocenters. The molecular formula is C20H15Cl2NO5S. The van der Waals surface area contributed by atoms with Crippen LogP contribution in [-0.2, 0) is 16.6 Å². The fraction of sp³-hybridized carbons (Fsp3) is 0.0500. The quantitative estimate of drug-likeness (QED) is 0.522. The molecule has 3 aromatic carbocycles. The number of carboxylic acid groups (broad SMARTS) is 1. The molecule has 0 saturated carbocycles. The van der Waals surface area contributed by atoms with Gasteiger partial charge in [-0.25, -0.2) is 13.2 Å². The van der Waals surface area contributed by atoms with Crippen molar-refractivity contribution in [2.24, 2.45) is 0 Å². The van der Waals surface area contributed by atoms with Gasteiger partial charge in [-0.1, -0.05) is 53.5 Å². The molecule has 3 aromatic rings. The molecule has 0 aliphatic heterocycles. The van der Waals surface area contributed by atoms with Gasteiger partial charge in [-0.05, 0) is 42.0 Å². The number of halogens is 2. The lowest BCUT2D eigenvalue weighted by Crippen LogP contribution is -2.14. The largest absolute Gasteiger partial charge is 0.489 e. The molecule has 0 spiro atoms. The lowest BCUT2D eigenvalue weighted by atomic mass is 10.2. The van der Waals surface area contributed by atoms with E-state index >= 15 is 0 Å². The summed E-state index contributed by atoms with van der Waals surface area (Å²) in [7, 11) is -4.13. The first-order valence-electron chi connectivity index (χ1n) is 8.28. The van der Waals surface area contributed by atoms with Gasteiger partial charge in [0.05, 0.1) is 15.6 Å². The van der Waals surface area contributed by atoms with E-state index in [2.05, 4.69) is 4.72 Å². The van der Waals surface area contributed by atoms with Gasteiger partial charge in [0.2, 0.25) is 0 Å². The zero-order chi connectivity index (χ0) is 21.0. The van der Waals surface area contributed by atoms with Crippen LogP contribution in [0.1, 0.15) is 15.9 Å². The van der Waals surface area contributed by atoms with Crippen molar-refractivity contribution in [2.75, 3.05) is 4.72 Å². The number of benzene rings is 3. The van der Waals surface area contributed by atoms with Gasteiger partial charge in [-0.15, -0.1) is 0 Å². The number of aromatic carboxylic acids is 1. The van der Waals surface area contributed by atoms with E-state index in [-0.39, 0.29) is 26.2 Å². The molecule has 0 radical (unpaired) electrons. The summed E-state index contributed by atoms with van der Waals surface area (Å²) in [6, 6.07) is 17.9. The molecule has 0 unspecified atom stereocenters. The fourth-order valence-electron chi connectivity index (χ4n) is 2.47. The van der Waals surface area contributed by atoms with Gasteiger partial charge in [-0.3, -0.25) is 4.72 Å². The number of carbonyl (C=O) groups is 1. The summed E-state index contributed by atoms with van der Waals surface area (Å²) in [5.74, 6) is -0.794. The van der Waals surface area contributed by atoms with Crippen molar-refractivity contribution in [3.05, 3.63) is 87.9 Å². The van der Waals surface area contributed by atoms with Crippen LogP contribution in [0.5, 0.6) is 5.75 Å². The summed E-state index contributed by atoms with van der Waals surface area (Å²) >= 11 is 11.8. The molecule has 0 fully saturated rings. The lowest BCUT2D eigenvalue weighted by molar-refractivity contribution is 0.0697. The number of hydrogen-bond donors (Lipinski definition) is 2. The van der Waals surface area contributed by atoms with E-state index in [1.165, 1.54) is 12.1 Å². The van der Waals surface area contributed by atoms with E-state index < -0.39 is 16.0 Å². The molecular weight excluding hydrogens is 437 g/mol. The number of nitrogens with one attached hydrogen (secondary N) is 1. The molecule has 0 saturated heterocycles. The average Bonchev–Trinajstić information content (AvgIpc) is 2.67.